The summed E-state index contributed by atoms with van der Waals surface area (Å²) in [6.45, 7) is 1.73. The molecular weight excluding hydrogens is 805 g/mol. The molecule has 0 amide bonds. The lowest BCUT2D eigenvalue weighted by Gasteiger charge is -2.22. The summed E-state index contributed by atoms with van der Waals surface area (Å²) in [4.78, 5) is 67.3. The molecule has 4 aromatic carbocycles. The van der Waals surface area contributed by atoms with E-state index < -0.39 is 76.9 Å². The molecule has 4 saturated heterocycles. The minimum atomic E-state index is -0.966. The Bertz CT molecular complexity index is 2220. The molecule has 8 rings (SSSR count). The second kappa shape index (κ2) is 17.8. The molecule has 59 heavy (non-hydrogen) atoms. The van der Waals surface area contributed by atoms with Gasteiger partial charge < -0.3 is 25.0 Å². The molecule has 4 heterocycles. The number of hydrogen-bond donors (Lipinski definition) is 2. The lowest BCUT2D eigenvalue weighted by Crippen LogP contribution is -2.35. The Morgan fingerprint density at radius 3 is 1.73 bits per heavy atom. The molecule has 4 aliphatic rings. The molecule has 8 unspecified atom stereocenters. The van der Waals surface area contributed by atoms with Crippen molar-refractivity contribution in [1.82, 2.24) is 20.8 Å². The second-order valence-corrected chi connectivity index (χ2v) is 16.4. The molecule has 4 fully saturated rings. The summed E-state index contributed by atoms with van der Waals surface area (Å²) >= 11 is 12.9. The van der Waals surface area contributed by atoms with Crippen LogP contribution in [-0.4, -0.2) is 86.4 Å². The van der Waals surface area contributed by atoms with Crippen molar-refractivity contribution in [1.29, 1.82) is 0 Å². The highest BCUT2D eigenvalue weighted by atomic mass is 35.5. The van der Waals surface area contributed by atoms with E-state index in [9.17, 15) is 28.0 Å². The number of nitrogens with one attached hydrogen (secondary N) is 2. The molecule has 15 heteroatoms. The second-order valence-electron chi connectivity index (χ2n) is 15.6. The summed E-state index contributed by atoms with van der Waals surface area (Å²) in [5.74, 6) is -8.30. The van der Waals surface area contributed by atoms with E-state index in [-0.39, 0.29) is 38.6 Å². The Kier molecular flexibility index (Phi) is 12.4. The van der Waals surface area contributed by atoms with Gasteiger partial charge in [-0.15, -0.1) is 10.1 Å². The lowest BCUT2D eigenvalue weighted by molar-refractivity contribution is -0.199. The summed E-state index contributed by atoms with van der Waals surface area (Å²) < 4.78 is 33.6. The normalized spacial score (nSPS) is 27.1. The van der Waals surface area contributed by atoms with Crippen LogP contribution < -0.4 is 10.6 Å². The largest absolute Gasteiger partial charge is 0.393 e. The van der Waals surface area contributed by atoms with Gasteiger partial charge in [-0.25, -0.2) is 18.4 Å². The molecule has 11 nitrogen and oxygen atoms in total. The Labute approximate surface area is 349 Å². The summed E-state index contributed by atoms with van der Waals surface area (Å²) in [6.07, 6.45) is 0. The molecule has 0 aliphatic carbocycles. The fourth-order valence-electron chi connectivity index (χ4n) is 8.97. The van der Waals surface area contributed by atoms with Crippen LogP contribution in [0.4, 0.5) is 8.78 Å². The highest BCUT2D eigenvalue weighted by Crippen LogP contribution is 2.40. The van der Waals surface area contributed by atoms with Crippen LogP contribution in [0, 0.1) is 35.3 Å². The molecule has 4 aliphatic heterocycles. The number of hydroxylamine groups is 4. The molecule has 4 aromatic rings. The fourth-order valence-corrected chi connectivity index (χ4v) is 9.44. The Balaban J connectivity index is 0.976. The van der Waals surface area contributed by atoms with Gasteiger partial charge in [-0.05, 0) is 64.7 Å². The fraction of sp³-hybridized carbons (Fsp3) is 0.364. The predicted molar refractivity (Wildman–Crippen MR) is 213 cm³/mol. The third kappa shape index (κ3) is 9.06. The number of carbonyl (C=O) groups is 4. The molecule has 308 valence electrons. The Morgan fingerprint density at radius 2 is 1.08 bits per heavy atom. The first kappa shape index (κ1) is 41.0. The van der Waals surface area contributed by atoms with E-state index in [1.165, 1.54) is 34.4 Å². The third-order valence-corrected chi connectivity index (χ3v) is 12.6. The molecule has 0 radical (unpaired) electrons. The van der Waals surface area contributed by atoms with Crippen LogP contribution >= 0.6 is 23.2 Å². The molecule has 0 spiro atoms. The van der Waals surface area contributed by atoms with E-state index in [2.05, 4.69) is 10.6 Å². The van der Waals surface area contributed by atoms with Crippen LogP contribution in [0.25, 0.3) is 0 Å². The van der Waals surface area contributed by atoms with Gasteiger partial charge in [0.25, 0.3) is 0 Å². The SMILES string of the molecule is O=C(OC(=O)C1CN(OC(=O)C2CN(OC(=O)C3CNCC3c3cccc(Cl)c3)CC2c2ccccc2Cl)CC1c1ccc(F)cc1)C1CNCC1c1cccc(F)c1. The van der Waals surface area contributed by atoms with Crippen LogP contribution in [0.1, 0.15) is 45.9 Å². The number of rotatable bonds is 10. The lowest BCUT2D eigenvalue weighted by atomic mass is 9.88. The van der Waals surface area contributed by atoms with Crippen molar-refractivity contribution < 1.29 is 42.4 Å². The van der Waals surface area contributed by atoms with Gasteiger partial charge in [0.1, 0.15) is 11.6 Å². The van der Waals surface area contributed by atoms with Crippen molar-refractivity contribution >= 4 is 47.1 Å². The number of hydrogen-bond acceptors (Lipinski definition) is 11. The maximum absolute atomic E-state index is 14.2. The highest BCUT2D eigenvalue weighted by Gasteiger charge is 2.48. The summed E-state index contributed by atoms with van der Waals surface area (Å²) in [6, 6.07) is 26.1. The summed E-state index contributed by atoms with van der Waals surface area (Å²) in [5, 5.41) is 10.2. The zero-order chi connectivity index (χ0) is 41.2. The Morgan fingerprint density at radius 1 is 0.525 bits per heavy atom. The van der Waals surface area contributed by atoms with Crippen LogP contribution in [0.5, 0.6) is 0 Å². The van der Waals surface area contributed by atoms with Gasteiger partial charge in [0.05, 0.1) is 23.7 Å². The van der Waals surface area contributed by atoms with Crippen LogP contribution in [0.15, 0.2) is 97.1 Å². The van der Waals surface area contributed by atoms with Gasteiger partial charge in [0.15, 0.2) is 0 Å². The molecule has 2 N–H and O–H groups in total. The van der Waals surface area contributed by atoms with Gasteiger partial charge >= 0.3 is 23.9 Å². The minimum Gasteiger partial charge on any atom is -0.393 e. The van der Waals surface area contributed by atoms with Crippen molar-refractivity contribution in [3.8, 4) is 0 Å². The molecule has 0 saturated carbocycles. The number of carbonyl (C=O) groups excluding carboxylic acids is 4. The monoisotopic (exact) mass is 846 g/mol. The van der Waals surface area contributed by atoms with Crippen molar-refractivity contribution in [2.75, 3.05) is 52.4 Å². The zero-order valence-electron chi connectivity index (χ0n) is 31.8. The smallest absolute Gasteiger partial charge is 0.330 e. The van der Waals surface area contributed by atoms with Gasteiger partial charge in [0, 0.05) is 86.1 Å². The van der Waals surface area contributed by atoms with Crippen LogP contribution in [0.3, 0.4) is 0 Å². The first-order valence-electron chi connectivity index (χ1n) is 19.6. The molecule has 0 bridgehead atoms. The first-order valence-corrected chi connectivity index (χ1v) is 20.4. The number of esters is 2. The van der Waals surface area contributed by atoms with E-state index in [0.717, 1.165) is 5.56 Å². The molecule has 0 aromatic heterocycles. The highest BCUT2D eigenvalue weighted by molar-refractivity contribution is 6.31. The maximum Gasteiger partial charge on any atom is 0.330 e. The summed E-state index contributed by atoms with van der Waals surface area (Å²) in [7, 11) is 0. The quantitative estimate of drug-likeness (QED) is 0.144. The van der Waals surface area contributed by atoms with E-state index >= 15 is 0 Å². The van der Waals surface area contributed by atoms with Gasteiger partial charge in [-0.3, -0.25) is 9.59 Å². The topological polar surface area (TPSA) is 127 Å². The molecular formula is C44H42Cl2F2N4O7. The average Bonchev–Trinajstić information content (AvgIpc) is 4.05. The standard InChI is InChI=1S/C44H42Cl2F2N4O7/c45-28-7-3-5-26(15-28)32-17-50-20-35(32)43(55)58-52-22-37(31-9-1-2-10-40(31)46)39(24-52)44(56)59-51-21-36(25-11-13-29(47)14-12-25)38(23-51)42(54)57-41(53)34-19-49-18-33(34)27-6-4-8-30(48)16-27/h1-16,32-39,49-50H,17-24H2. The number of benzene rings is 4. The zero-order valence-corrected chi connectivity index (χ0v) is 33.3. The van der Waals surface area contributed by atoms with Gasteiger partial charge in [-0.1, -0.05) is 77.8 Å². The van der Waals surface area contributed by atoms with Crippen molar-refractivity contribution in [2.24, 2.45) is 23.7 Å². The summed E-state index contributed by atoms with van der Waals surface area (Å²) in [5.41, 5.74) is 2.79. The van der Waals surface area contributed by atoms with E-state index in [4.69, 9.17) is 37.6 Å². The Hall–Kier alpha value is -4.76. The van der Waals surface area contributed by atoms with E-state index in [0.29, 0.717) is 46.4 Å². The minimum absolute atomic E-state index is 0.0134. The number of nitrogens with zero attached hydrogens (tertiary/aromatic N) is 2. The van der Waals surface area contributed by atoms with Gasteiger partial charge in [0.2, 0.25) is 0 Å². The number of halogens is 4. The van der Waals surface area contributed by atoms with Crippen LogP contribution in [-0.2, 0) is 33.6 Å². The van der Waals surface area contributed by atoms with Gasteiger partial charge in [-0.2, -0.15) is 0 Å². The maximum atomic E-state index is 14.2. The third-order valence-electron chi connectivity index (χ3n) is 12.0. The van der Waals surface area contributed by atoms with E-state index in [1.807, 2.05) is 30.3 Å². The molecule has 8 atom stereocenters. The van der Waals surface area contributed by atoms with Crippen LogP contribution in [0.2, 0.25) is 10.0 Å². The van der Waals surface area contributed by atoms with Crippen molar-refractivity contribution in [2.45, 2.75) is 23.7 Å². The average molecular weight is 848 g/mol. The predicted octanol–water partition coefficient (Wildman–Crippen LogP) is 6.00. The van der Waals surface area contributed by atoms with Crippen molar-refractivity contribution in [3.05, 3.63) is 141 Å². The number of ether oxygens (including phenoxy) is 1. The van der Waals surface area contributed by atoms with E-state index in [1.54, 1.807) is 42.5 Å². The first-order chi connectivity index (χ1) is 28.5. The van der Waals surface area contributed by atoms with Crippen molar-refractivity contribution in [3.63, 3.8) is 0 Å².